The van der Waals surface area contributed by atoms with E-state index in [1.165, 1.54) is 0 Å². The zero-order valence-electron chi connectivity index (χ0n) is 39.9. The van der Waals surface area contributed by atoms with E-state index in [1.807, 2.05) is 12.2 Å². The SMILES string of the molecule is CC/C=C/C/C=C/C/C=C/C/C=C/C/C=C/C/C=C/CCC(=O)OC(COCCC(C(=O)[O-])[N+](C)(C)C)COC(=O)CCCCCC/C=C/C/C=C/C/C=C/C/C=C/C/C=C/CC. The fraction of sp³-hybridized carbons (Fsp3) is 0.545. The van der Waals surface area contributed by atoms with Crippen molar-refractivity contribution in [2.45, 2.75) is 154 Å². The number of ether oxygens (including phenoxy) is 3. The second-order valence-corrected chi connectivity index (χ2v) is 16.2. The summed E-state index contributed by atoms with van der Waals surface area (Å²) in [4.78, 5) is 36.9. The third kappa shape index (κ3) is 42.5. The molecule has 0 aliphatic carbocycles. The number of carbonyl (C=O) groups excluding carboxylic acids is 3. The van der Waals surface area contributed by atoms with Crippen molar-refractivity contribution in [1.29, 1.82) is 0 Å². The van der Waals surface area contributed by atoms with Gasteiger partial charge in [-0.05, 0) is 96.3 Å². The highest BCUT2D eigenvalue weighted by molar-refractivity contribution is 5.70. The van der Waals surface area contributed by atoms with Gasteiger partial charge in [-0.25, -0.2) is 0 Å². The molecule has 63 heavy (non-hydrogen) atoms. The van der Waals surface area contributed by atoms with Crippen LogP contribution in [0.1, 0.15) is 142 Å². The van der Waals surface area contributed by atoms with Crippen LogP contribution in [0.3, 0.4) is 0 Å². The number of quaternary nitrogens is 1. The molecule has 0 fully saturated rings. The van der Waals surface area contributed by atoms with E-state index in [2.05, 4.69) is 135 Å². The molecule has 0 aliphatic rings. The van der Waals surface area contributed by atoms with Gasteiger partial charge < -0.3 is 28.6 Å². The van der Waals surface area contributed by atoms with Crippen molar-refractivity contribution in [2.75, 3.05) is 41.0 Å². The predicted molar refractivity (Wildman–Crippen MR) is 263 cm³/mol. The number of hydrogen-bond acceptors (Lipinski definition) is 7. The van der Waals surface area contributed by atoms with Gasteiger partial charge in [0.05, 0.1) is 40.3 Å². The van der Waals surface area contributed by atoms with E-state index >= 15 is 0 Å². The zero-order valence-corrected chi connectivity index (χ0v) is 39.9. The molecule has 8 heteroatoms. The molecule has 0 aromatic rings. The molecule has 0 spiro atoms. The first-order valence-corrected chi connectivity index (χ1v) is 23.7. The average Bonchev–Trinajstić information content (AvgIpc) is 3.24. The normalized spacial score (nSPS) is 14.1. The first-order valence-electron chi connectivity index (χ1n) is 23.7. The highest BCUT2D eigenvalue weighted by Gasteiger charge is 2.25. The molecule has 0 bridgehead atoms. The van der Waals surface area contributed by atoms with Gasteiger partial charge in [0.15, 0.2) is 6.10 Å². The first kappa shape index (κ1) is 58.5. The van der Waals surface area contributed by atoms with Gasteiger partial charge in [-0.3, -0.25) is 9.59 Å². The summed E-state index contributed by atoms with van der Waals surface area (Å²) in [6.45, 7) is 4.30. The number of aliphatic carboxylic acids is 1. The molecule has 0 N–H and O–H groups in total. The molecular formula is C55H85NO7. The summed E-state index contributed by atoms with van der Waals surface area (Å²) in [6, 6.07) is -0.752. The number of rotatable bonds is 40. The summed E-state index contributed by atoms with van der Waals surface area (Å²) in [5.41, 5.74) is 0. The van der Waals surface area contributed by atoms with E-state index in [9.17, 15) is 19.5 Å². The molecular weight excluding hydrogens is 787 g/mol. The van der Waals surface area contributed by atoms with Crippen molar-refractivity contribution in [2.24, 2.45) is 0 Å². The van der Waals surface area contributed by atoms with Crippen LogP contribution >= 0.6 is 0 Å². The molecule has 0 radical (unpaired) electrons. The number of likely N-dealkylation sites (N-methyl/N-ethyl adjacent to an activating group) is 1. The lowest BCUT2D eigenvalue weighted by Gasteiger charge is -2.34. The van der Waals surface area contributed by atoms with Crippen LogP contribution in [-0.4, -0.2) is 75.5 Å². The van der Waals surface area contributed by atoms with E-state index in [0.29, 0.717) is 12.8 Å². The Bertz CT molecular complexity index is 1480. The number of allylic oxidation sites excluding steroid dienone is 22. The number of carboxylic acids is 1. The predicted octanol–water partition coefficient (Wildman–Crippen LogP) is 12.2. The van der Waals surface area contributed by atoms with Crippen molar-refractivity contribution in [3.8, 4) is 0 Å². The van der Waals surface area contributed by atoms with Crippen molar-refractivity contribution < 1.29 is 38.2 Å². The molecule has 0 saturated carbocycles. The van der Waals surface area contributed by atoms with Gasteiger partial charge in [0.2, 0.25) is 0 Å². The third-order valence-corrected chi connectivity index (χ3v) is 9.55. The summed E-state index contributed by atoms with van der Waals surface area (Å²) >= 11 is 0. The smallest absolute Gasteiger partial charge is 0.306 e. The fourth-order valence-corrected chi connectivity index (χ4v) is 5.94. The van der Waals surface area contributed by atoms with Crippen LogP contribution in [0.2, 0.25) is 0 Å². The fourth-order valence-electron chi connectivity index (χ4n) is 5.94. The molecule has 0 rings (SSSR count). The quantitative estimate of drug-likeness (QED) is 0.0261. The molecule has 0 aliphatic heterocycles. The van der Waals surface area contributed by atoms with Gasteiger partial charge in [-0.1, -0.05) is 160 Å². The maximum absolute atomic E-state index is 12.7. The van der Waals surface area contributed by atoms with Crippen LogP contribution < -0.4 is 5.11 Å². The second-order valence-electron chi connectivity index (χ2n) is 16.2. The van der Waals surface area contributed by atoms with Crippen LogP contribution in [-0.2, 0) is 28.6 Å². The highest BCUT2D eigenvalue weighted by atomic mass is 16.6. The molecule has 0 aromatic heterocycles. The van der Waals surface area contributed by atoms with E-state index in [1.54, 1.807) is 21.1 Å². The van der Waals surface area contributed by atoms with Crippen molar-refractivity contribution >= 4 is 17.9 Å². The van der Waals surface area contributed by atoms with Gasteiger partial charge in [0.1, 0.15) is 12.6 Å². The van der Waals surface area contributed by atoms with Gasteiger partial charge in [0.25, 0.3) is 0 Å². The molecule has 0 saturated heterocycles. The Labute approximate surface area is 383 Å². The van der Waals surface area contributed by atoms with Gasteiger partial charge in [0, 0.05) is 19.3 Å². The third-order valence-electron chi connectivity index (χ3n) is 9.55. The lowest BCUT2D eigenvalue weighted by atomic mass is 10.1. The van der Waals surface area contributed by atoms with Crippen LogP contribution in [0, 0.1) is 0 Å². The Morgan fingerprint density at radius 3 is 1.29 bits per heavy atom. The van der Waals surface area contributed by atoms with Crippen LogP contribution in [0.4, 0.5) is 0 Å². The van der Waals surface area contributed by atoms with E-state index in [-0.39, 0.29) is 43.1 Å². The minimum absolute atomic E-state index is 0.00829. The molecule has 2 unspecified atom stereocenters. The van der Waals surface area contributed by atoms with E-state index in [4.69, 9.17) is 14.2 Å². The van der Waals surface area contributed by atoms with Gasteiger partial charge in [-0.15, -0.1) is 0 Å². The highest BCUT2D eigenvalue weighted by Crippen LogP contribution is 2.11. The largest absolute Gasteiger partial charge is 0.544 e. The maximum atomic E-state index is 12.7. The molecule has 352 valence electrons. The Hall–Kier alpha value is -4.53. The minimum Gasteiger partial charge on any atom is -0.544 e. The molecule has 8 nitrogen and oxygen atoms in total. The Kier molecular flexibility index (Phi) is 40.9. The Morgan fingerprint density at radius 1 is 0.476 bits per heavy atom. The van der Waals surface area contributed by atoms with Gasteiger partial charge >= 0.3 is 11.9 Å². The Balaban J connectivity index is 4.51. The minimum atomic E-state index is -1.15. The number of hydrogen-bond donors (Lipinski definition) is 0. The first-order chi connectivity index (χ1) is 30.6. The number of esters is 2. The number of carboxylic acid groups (broad SMARTS) is 1. The average molecular weight is 872 g/mol. The topological polar surface area (TPSA) is 102 Å². The number of nitrogens with zero attached hydrogens (tertiary/aromatic N) is 1. The lowest BCUT2D eigenvalue weighted by molar-refractivity contribution is -0.889. The molecule has 2 atom stereocenters. The van der Waals surface area contributed by atoms with Crippen LogP contribution in [0.25, 0.3) is 0 Å². The monoisotopic (exact) mass is 872 g/mol. The summed E-state index contributed by atoms with van der Waals surface area (Å²) in [5.74, 6) is -1.90. The summed E-state index contributed by atoms with van der Waals surface area (Å²) < 4.78 is 17.1. The molecule has 0 aromatic carbocycles. The van der Waals surface area contributed by atoms with Crippen LogP contribution in [0.15, 0.2) is 134 Å². The summed E-state index contributed by atoms with van der Waals surface area (Å²) in [7, 11) is 5.36. The zero-order chi connectivity index (χ0) is 46.3. The van der Waals surface area contributed by atoms with Crippen molar-refractivity contribution in [1.82, 2.24) is 0 Å². The second kappa shape index (κ2) is 44.1. The van der Waals surface area contributed by atoms with Crippen molar-refractivity contribution in [3.05, 3.63) is 134 Å². The number of unbranched alkanes of at least 4 members (excludes halogenated alkanes) is 4. The van der Waals surface area contributed by atoms with Gasteiger partial charge in [-0.2, -0.15) is 0 Å². The van der Waals surface area contributed by atoms with E-state index < -0.39 is 24.1 Å². The Morgan fingerprint density at radius 2 is 0.873 bits per heavy atom. The summed E-state index contributed by atoms with van der Waals surface area (Å²) in [5, 5.41) is 11.6. The lowest BCUT2D eigenvalue weighted by Crippen LogP contribution is -2.55. The molecule has 0 heterocycles. The maximum Gasteiger partial charge on any atom is 0.306 e. The number of carbonyl (C=O) groups is 3. The van der Waals surface area contributed by atoms with E-state index in [0.717, 1.165) is 103 Å². The summed E-state index contributed by atoms with van der Waals surface area (Å²) in [6.07, 6.45) is 63.5. The standard InChI is InChI=1S/C55H85NO7/c1-6-8-10-12-14-16-18-20-22-24-26-28-29-31-33-35-37-39-41-43-45-53(57)62-50-51(49-61-48-47-52(55(59)60)56(3,4)5)63-54(58)46-44-42-40-38-36-34-32-30-27-25-23-21-19-17-15-13-11-9-7-2/h8-11,14-17,20-23,26-28,30-31,33-34,36,40,42,51-52H,6-7,12-13,18-19,24-25,29,32,35,37-39,41,43-50H2,1-5H3/b10-8+,11-9+,16-14+,17-15+,22-20+,23-21+,28-26+,30-27+,33-31+,36-34+,42-40+. The van der Waals surface area contributed by atoms with Crippen molar-refractivity contribution in [3.63, 3.8) is 0 Å². The van der Waals surface area contributed by atoms with Crippen LogP contribution in [0.5, 0.6) is 0 Å². The molecule has 0 amide bonds.